The number of hydrogen-bond acceptors (Lipinski definition) is 5. The molecular weight excluding hydrogens is 385 g/mol. The fraction of sp³-hybridized carbons (Fsp3) is 0.250. The molecule has 2 aromatic rings. The van der Waals surface area contributed by atoms with Gasteiger partial charge < -0.3 is 14.6 Å². The number of halogens is 2. The van der Waals surface area contributed by atoms with Gasteiger partial charge in [-0.15, -0.1) is 0 Å². The van der Waals surface area contributed by atoms with E-state index in [-0.39, 0.29) is 18.8 Å². The average Bonchev–Trinajstić information content (AvgIpc) is 3.07. The highest BCUT2D eigenvalue weighted by Crippen LogP contribution is 2.25. The van der Waals surface area contributed by atoms with Crippen LogP contribution in [0.15, 0.2) is 34.7 Å². The highest BCUT2D eigenvalue weighted by atomic mass is 35.5. The second-order valence-electron chi connectivity index (χ2n) is 5.29. The van der Waals surface area contributed by atoms with Crippen LogP contribution in [0.1, 0.15) is 23.9 Å². The van der Waals surface area contributed by atoms with Crippen molar-refractivity contribution >= 4 is 46.6 Å². The Bertz CT molecular complexity index is 837. The molecule has 26 heavy (non-hydrogen) atoms. The highest BCUT2D eigenvalue weighted by Gasteiger charge is 2.24. The van der Waals surface area contributed by atoms with Crippen LogP contribution in [0.4, 0.5) is 11.6 Å². The summed E-state index contributed by atoms with van der Waals surface area (Å²) in [7, 11) is 0. The fourth-order valence-corrected chi connectivity index (χ4v) is 2.51. The Balaban J connectivity index is 2.10. The molecule has 2 amide bonds. The van der Waals surface area contributed by atoms with Gasteiger partial charge in [-0.3, -0.25) is 19.7 Å². The van der Waals surface area contributed by atoms with Crippen LogP contribution in [-0.4, -0.2) is 34.7 Å². The van der Waals surface area contributed by atoms with Gasteiger partial charge >= 0.3 is 5.88 Å². The summed E-state index contributed by atoms with van der Waals surface area (Å²) in [6, 6.07) is 6.90. The molecule has 1 aromatic heterocycles. The number of nitrogens with one attached hydrogen (secondary N) is 1. The van der Waals surface area contributed by atoms with Crippen LogP contribution in [0.3, 0.4) is 0 Å². The van der Waals surface area contributed by atoms with Crippen molar-refractivity contribution in [1.29, 1.82) is 0 Å². The monoisotopic (exact) mass is 399 g/mol. The lowest BCUT2D eigenvalue weighted by Gasteiger charge is -2.20. The maximum absolute atomic E-state index is 12.5. The molecule has 0 saturated heterocycles. The molecule has 2 rings (SSSR count). The first kappa shape index (κ1) is 19.7. The van der Waals surface area contributed by atoms with Gasteiger partial charge in [0.05, 0.1) is 16.8 Å². The van der Waals surface area contributed by atoms with Crippen LogP contribution in [-0.2, 0) is 4.79 Å². The summed E-state index contributed by atoms with van der Waals surface area (Å²) < 4.78 is 4.91. The van der Waals surface area contributed by atoms with E-state index in [9.17, 15) is 19.7 Å². The lowest BCUT2D eigenvalue weighted by molar-refractivity contribution is -0.402. The van der Waals surface area contributed by atoms with Gasteiger partial charge in [0, 0.05) is 11.6 Å². The van der Waals surface area contributed by atoms with Crippen molar-refractivity contribution < 1.29 is 18.9 Å². The second-order valence-corrected chi connectivity index (χ2v) is 6.14. The van der Waals surface area contributed by atoms with Crippen molar-refractivity contribution in [1.82, 2.24) is 4.90 Å². The number of nitrogens with zero attached hydrogens (tertiary/aromatic N) is 2. The Labute approximate surface area is 158 Å². The zero-order chi connectivity index (χ0) is 19.3. The summed E-state index contributed by atoms with van der Waals surface area (Å²) in [5, 5.41) is 14.0. The minimum absolute atomic E-state index is 0.210. The van der Waals surface area contributed by atoms with Crippen LogP contribution < -0.4 is 5.32 Å². The average molecular weight is 400 g/mol. The standard InChI is InChI=1S/C16H15Cl2N3O5/c1-2-7-20(16(23)13-5-6-15(26-13)21(24)25)9-14(22)19-12-8-10(17)3-4-11(12)18/h3-6,8H,2,7,9H2,1H3,(H,19,22). The molecule has 0 aliphatic carbocycles. The number of hydrogen-bond donors (Lipinski definition) is 1. The van der Waals surface area contributed by atoms with Crippen LogP contribution in [0.5, 0.6) is 0 Å². The van der Waals surface area contributed by atoms with Gasteiger partial charge in [-0.1, -0.05) is 30.1 Å². The SMILES string of the molecule is CCCN(CC(=O)Nc1cc(Cl)ccc1Cl)C(=O)c1ccc([N+](=O)[O-])o1. The third-order valence-electron chi connectivity index (χ3n) is 3.30. The predicted molar refractivity (Wildman–Crippen MR) is 96.6 cm³/mol. The molecule has 10 heteroatoms. The van der Waals surface area contributed by atoms with Crippen molar-refractivity contribution in [3.05, 3.63) is 56.3 Å². The number of benzene rings is 1. The number of amides is 2. The number of carbonyl (C=O) groups excluding carboxylic acids is 2. The first-order chi connectivity index (χ1) is 12.3. The first-order valence-corrected chi connectivity index (χ1v) is 8.35. The van der Waals surface area contributed by atoms with E-state index in [0.717, 1.165) is 6.07 Å². The Morgan fingerprint density at radius 3 is 2.62 bits per heavy atom. The Morgan fingerprint density at radius 1 is 1.27 bits per heavy atom. The van der Waals surface area contributed by atoms with E-state index in [1.165, 1.54) is 23.1 Å². The molecule has 0 bridgehead atoms. The highest BCUT2D eigenvalue weighted by molar-refractivity contribution is 6.35. The third kappa shape index (κ3) is 4.96. The summed E-state index contributed by atoms with van der Waals surface area (Å²) in [5.41, 5.74) is 0.321. The molecule has 0 atom stereocenters. The molecule has 0 unspecified atom stereocenters. The van der Waals surface area contributed by atoms with E-state index >= 15 is 0 Å². The number of carbonyl (C=O) groups is 2. The molecule has 1 N–H and O–H groups in total. The largest absolute Gasteiger partial charge is 0.433 e. The third-order valence-corrected chi connectivity index (χ3v) is 3.86. The van der Waals surface area contributed by atoms with Gasteiger partial charge in [0.25, 0.3) is 5.91 Å². The summed E-state index contributed by atoms with van der Waals surface area (Å²) >= 11 is 11.9. The van der Waals surface area contributed by atoms with Gasteiger partial charge in [-0.25, -0.2) is 0 Å². The molecule has 1 aromatic carbocycles. The fourth-order valence-electron chi connectivity index (χ4n) is 2.18. The van der Waals surface area contributed by atoms with Crippen LogP contribution in [0.25, 0.3) is 0 Å². The van der Waals surface area contributed by atoms with Crippen molar-refractivity contribution in [3.8, 4) is 0 Å². The summed E-state index contributed by atoms with van der Waals surface area (Å²) in [6.45, 7) is 1.82. The second kappa shape index (κ2) is 8.68. The number of rotatable bonds is 7. The van der Waals surface area contributed by atoms with E-state index in [1.807, 2.05) is 6.92 Å². The van der Waals surface area contributed by atoms with E-state index in [0.29, 0.717) is 22.2 Å². The molecule has 138 valence electrons. The predicted octanol–water partition coefficient (Wildman–Crippen LogP) is 3.99. The molecule has 8 nitrogen and oxygen atoms in total. The first-order valence-electron chi connectivity index (χ1n) is 7.60. The quantitative estimate of drug-likeness (QED) is 0.559. The maximum atomic E-state index is 12.5. The smallest absolute Gasteiger partial charge is 0.395 e. The minimum Gasteiger partial charge on any atom is -0.395 e. The summed E-state index contributed by atoms with van der Waals surface area (Å²) in [6.07, 6.45) is 0.583. The molecule has 0 fully saturated rings. The Hall–Kier alpha value is -2.58. The minimum atomic E-state index is -0.741. The Morgan fingerprint density at radius 2 is 2.00 bits per heavy atom. The number of nitro groups is 1. The van der Waals surface area contributed by atoms with E-state index in [4.69, 9.17) is 27.6 Å². The van der Waals surface area contributed by atoms with Gasteiger partial charge in [0.15, 0.2) is 5.76 Å². The maximum Gasteiger partial charge on any atom is 0.433 e. The van der Waals surface area contributed by atoms with Gasteiger partial charge in [-0.2, -0.15) is 0 Å². The Kier molecular flexibility index (Phi) is 6.59. The van der Waals surface area contributed by atoms with E-state index in [2.05, 4.69) is 5.32 Å². The number of anilines is 1. The van der Waals surface area contributed by atoms with Crippen molar-refractivity contribution in [2.24, 2.45) is 0 Å². The topological polar surface area (TPSA) is 106 Å². The van der Waals surface area contributed by atoms with E-state index < -0.39 is 22.6 Å². The van der Waals surface area contributed by atoms with E-state index in [1.54, 1.807) is 6.07 Å². The normalized spacial score (nSPS) is 10.4. The molecular formula is C16H15Cl2N3O5. The molecule has 0 aliphatic rings. The van der Waals surface area contributed by atoms with Gasteiger partial charge in [-0.05, 0) is 30.7 Å². The zero-order valence-electron chi connectivity index (χ0n) is 13.7. The van der Waals surface area contributed by atoms with Gasteiger partial charge in [0.1, 0.15) is 11.5 Å². The lowest BCUT2D eigenvalue weighted by atomic mass is 10.3. The molecule has 0 radical (unpaired) electrons. The van der Waals surface area contributed by atoms with Crippen molar-refractivity contribution in [2.75, 3.05) is 18.4 Å². The van der Waals surface area contributed by atoms with Crippen molar-refractivity contribution in [2.45, 2.75) is 13.3 Å². The molecule has 0 aliphatic heterocycles. The van der Waals surface area contributed by atoms with Crippen LogP contribution in [0, 0.1) is 10.1 Å². The van der Waals surface area contributed by atoms with Crippen LogP contribution >= 0.6 is 23.2 Å². The summed E-state index contributed by atoms with van der Waals surface area (Å²) in [5.74, 6) is -1.86. The molecule has 1 heterocycles. The summed E-state index contributed by atoms with van der Waals surface area (Å²) in [4.78, 5) is 35.9. The zero-order valence-corrected chi connectivity index (χ0v) is 15.2. The lowest BCUT2D eigenvalue weighted by Crippen LogP contribution is -2.38. The molecule has 0 saturated carbocycles. The number of furan rings is 1. The van der Waals surface area contributed by atoms with Crippen molar-refractivity contribution in [3.63, 3.8) is 0 Å². The van der Waals surface area contributed by atoms with Crippen LogP contribution in [0.2, 0.25) is 10.0 Å². The van der Waals surface area contributed by atoms with Gasteiger partial charge in [0.2, 0.25) is 5.91 Å². The molecule has 0 spiro atoms.